The zero-order valence-corrected chi connectivity index (χ0v) is 62.5. The number of rotatable bonds is 75. The van der Waals surface area contributed by atoms with Crippen molar-refractivity contribution in [2.45, 2.75) is 406 Å². The van der Waals surface area contributed by atoms with Crippen LogP contribution in [-0.4, -0.2) is 96.7 Å². The Balaban J connectivity index is 5.28. The summed E-state index contributed by atoms with van der Waals surface area (Å²) in [5.74, 6) is -2.13. The summed E-state index contributed by atoms with van der Waals surface area (Å²) in [6.45, 7) is 4.96. The van der Waals surface area contributed by atoms with Crippen LogP contribution in [0.25, 0.3) is 0 Å². The summed E-state index contributed by atoms with van der Waals surface area (Å²) in [6, 6.07) is 0. The van der Waals surface area contributed by atoms with E-state index in [0.717, 1.165) is 103 Å². The van der Waals surface area contributed by atoms with Crippen LogP contribution in [-0.2, 0) is 65.4 Å². The van der Waals surface area contributed by atoms with E-state index in [1.54, 1.807) is 0 Å². The lowest BCUT2D eigenvalue weighted by molar-refractivity contribution is -0.161. The predicted octanol–water partition coefficient (Wildman–Crippen LogP) is 22.0. The number of carbonyl (C=O) groups excluding carboxylic acids is 4. The zero-order valence-electron chi connectivity index (χ0n) is 60.7. The lowest BCUT2D eigenvalue weighted by Gasteiger charge is -2.21. The minimum absolute atomic E-state index is 0.0951. The number of ether oxygens (including phenoxy) is 4. The molecule has 0 aliphatic heterocycles. The molecule has 17 nitrogen and oxygen atoms in total. The highest BCUT2D eigenvalue weighted by atomic mass is 31.2. The minimum atomic E-state index is -4.96. The Morgan fingerprint density at radius 2 is 0.489 bits per heavy atom. The van der Waals surface area contributed by atoms with Crippen LogP contribution in [0.1, 0.15) is 387 Å². The fourth-order valence-corrected chi connectivity index (χ4v) is 12.9. The third-order valence-corrected chi connectivity index (χ3v) is 19.2. The topological polar surface area (TPSA) is 237 Å². The zero-order chi connectivity index (χ0) is 69.0. The predicted molar refractivity (Wildman–Crippen MR) is 382 cm³/mol. The molecule has 0 aromatic carbocycles. The van der Waals surface area contributed by atoms with Gasteiger partial charge in [-0.2, -0.15) is 0 Å². The van der Waals surface area contributed by atoms with Crippen molar-refractivity contribution in [2.24, 2.45) is 0 Å². The Morgan fingerprint density at radius 1 is 0.287 bits per heavy atom. The second-order valence-electron chi connectivity index (χ2n) is 26.7. The van der Waals surface area contributed by atoms with E-state index < -0.39 is 97.5 Å². The molecule has 0 radical (unpaired) electrons. The fraction of sp³-hybridized carbons (Fsp3) is 0.920. The van der Waals surface area contributed by atoms with Gasteiger partial charge < -0.3 is 33.8 Å². The first-order valence-corrected chi connectivity index (χ1v) is 41.9. The van der Waals surface area contributed by atoms with Crippen molar-refractivity contribution >= 4 is 39.5 Å². The highest BCUT2D eigenvalue weighted by Crippen LogP contribution is 2.45. The third kappa shape index (κ3) is 68.3. The fourth-order valence-electron chi connectivity index (χ4n) is 11.3. The van der Waals surface area contributed by atoms with Gasteiger partial charge in [0.05, 0.1) is 26.4 Å². The molecule has 0 rings (SSSR count). The van der Waals surface area contributed by atoms with Gasteiger partial charge in [0.2, 0.25) is 0 Å². The number of aliphatic hydroxyl groups excluding tert-OH is 1. The molecule has 0 fully saturated rings. The molecule has 0 amide bonds. The quantitative estimate of drug-likeness (QED) is 0.0169. The number of phosphoric ester groups is 2. The molecule has 0 saturated carbocycles. The largest absolute Gasteiger partial charge is 0.472 e. The maximum absolute atomic E-state index is 13.1. The highest BCUT2D eigenvalue weighted by Gasteiger charge is 2.30. The van der Waals surface area contributed by atoms with Gasteiger partial charge in [-0.3, -0.25) is 37.3 Å². The Kier molecular flexibility index (Phi) is 67.7. The molecule has 0 saturated heterocycles. The number of hydrogen-bond acceptors (Lipinski definition) is 15. The molecule has 0 heterocycles. The van der Waals surface area contributed by atoms with E-state index in [0.29, 0.717) is 25.7 Å². The molecule has 0 aromatic heterocycles. The summed E-state index contributed by atoms with van der Waals surface area (Å²) in [5, 5.41) is 10.6. The number of esters is 4. The van der Waals surface area contributed by atoms with Crippen molar-refractivity contribution in [3.63, 3.8) is 0 Å². The molecule has 0 aliphatic rings. The highest BCUT2D eigenvalue weighted by molar-refractivity contribution is 7.47. The Hall–Kier alpha value is -2.20. The number of allylic oxidation sites excluding steroid dienone is 2. The van der Waals surface area contributed by atoms with Gasteiger partial charge >= 0.3 is 39.5 Å². The van der Waals surface area contributed by atoms with Gasteiger partial charge in [0, 0.05) is 25.7 Å². The Morgan fingerprint density at radius 3 is 0.734 bits per heavy atom. The van der Waals surface area contributed by atoms with Gasteiger partial charge in [-0.05, 0) is 51.4 Å². The van der Waals surface area contributed by atoms with Gasteiger partial charge in [-0.1, -0.05) is 322 Å². The van der Waals surface area contributed by atoms with Crippen molar-refractivity contribution in [1.82, 2.24) is 0 Å². The monoisotopic (exact) mass is 1380 g/mol. The molecule has 3 N–H and O–H groups in total. The van der Waals surface area contributed by atoms with E-state index >= 15 is 0 Å². The first-order valence-electron chi connectivity index (χ1n) is 38.9. The standard InChI is InChI=1S/C75H144O17P2/c1-5-9-13-17-21-25-29-33-34-38-42-46-50-54-58-62-75(80)92-71(66-86-73(78)60-56-52-48-44-40-36-31-27-23-19-15-11-7-3)68-90-94(83,84)88-64-69(76)63-87-93(81,82)89-67-70(91-74(79)61-57-53-49-45-41-37-32-28-24-20-16-12-8-4)65-85-72(77)59-55-51-47-43-39-35-30-26-22-18-14-10-6-2/h33-34,69-71,76H,5-32,35-68H2,1-4H3,(H,81,82)(H,83,84)/b34-33-/t69-,70+,71+/m0/s1. The van der Waals surface area contributed by atoms with Crippen LogP contribution >= 0.6 is 15.6 Å². The van der Waals surface area contributed by atoms with Crippen molar-refractivity contribution in [3.8, 4) is 0 Å². The van der Waals surface area contributed by atoms with Crippen LogP contribution in [0, 0.1) is 0 Å². The lowest BCUT2D eigenvalue weighted by atomic mass is 10.0. The van der Waals surface area contributed by atoms with E-state index in [9.17, 15) is 43.2 Å². The number of hydrogen-bond donors (Lipinski definition) is 3. The number of unbranched alkanes of at least 4 members (excludes halogenated alkanes) is 47. The van der Waals surface area contributed by atoms with Crippen LogP contribution in [0.5, 0.6) is 0 Å². The van der Waals surface area contributed by atoms with Crippen molar-refractivity contribution in [3.05, 3.63) is 12.2 Å². The molecule has 94 heavy (non-hydrogen) atoms. The van der Waals surface area contributed by atoms with Crippen LogP contribution in [0.3, 0.4) is 0 Å². The average molecular weight is 1380 g/mol. The van der Waals surface area contributed by atoms with Crippen molar-refractivity contribution in [2.75, 3.05) is 39.6 Å². The van der Waals surface area contributed by atoms with Crippen LogP contribution in [0.15, 0.2) is 12.2 Å². The average Bonchev–Trinajstić information content (AvgIpc) is 2.26. The summed E-state index contributed by atoms with van der Waals surface area (Å²) in [6.07, 6.45) is 60.5. The van der Waals surface area contributed by atoms with Gasteiger partial charge in [0.25, 0.3) is 0 Å². The lowest BCUT2D eigenvalue weighted by Crippen LogP contribution is -2.30. The summed E-state index contributed by atoms with van der Waals surface area (Å²) >= 11 is 0. The summed E-state index contributed by atoms with van der Waals surface area (Å²) in [4.78, 5) is 72.8. The first kappa shape index (κ1) is 91.8. The van der Waals surface area contributed by atoms with E-state index in [2.05, 4.69) is 39.8 Å². The van der Waals surface area contributed by atoms with E-state index in [1.165, 1.54) is 205 Å². The molecule has 2 unspecified atom stereocenters. The van der Waals surface area contributed by atoms with Gasteiger partial charge in [-0.15, -0.1) is 0 Å². The summed E-state index contributed by atoms with van der Waals surface area (Å²) in [7, 11) is -9.91. The smallest absolute Gasteiger partial charge is 0.462 e. The van der Waals surface area contributed by atoms with Gasteiger partial charge in [0.1, 0.15) is 19.3 Å². The summed E-state index contributed by atoms with van der Waals surface area (Å²) < 4.78 is 68.5. The number of phosphoric acid groups is 2. The van der Waals surface area contributed by atoms with E-state index in [4.69, 9.17) is 37.0 Å². The second kappa shape index (κ2) is 69.3. The van der Waals surface area contributed by atoms with Gasteiger partial charge in [0.15, 0.2) is 12.2 Å². The molecule has 0 aliphatic carbocycles. The number of aliphatic hydroxyl groups is 1. The maximum Gasteiger partial charge on any atom is 0.472 e. The maximum atomic E-state index is 13.1. The third-order valence-electron chi connectivity index (χ3n) is 17.3. The molecule has 19 heteroatoms. The molecule has 5 atom stereocenters. The molecule has 0 spiro atoms. The normalized spacial score (nSPS) is 14.0. The molecule has 0 aromatic rings. The first-order chi connectivity index (χ1) is 45.7. The van der Waals surface area contributed by atoms with Crippen molar-refractivity contribution < 1.29 is 80.2 Å². The summed E-state index contributed by atoms with van der Waals surface area (Å²) in [5.41, 5.74) is 0. The van der Waals surface area contributed by atoms with Crippen LogP contribution in [0.2, 0.25) is 0 Å². The van der Waals surface area contributed by atoms with Gasteiger partial charge in [-0.25, -0.2) is 9.13 Å². The van der Waals surface area contributed by atoms with Crippen molar-refractivity contribution in [1.29, 1.82) is 0 Å². The van der Waals surface area contributed by atoms with E-state index in [1.807, 2.05) is 0 Å². The van der Waals surface area contributed by atoms with E-state index in [-0.39, 0.29) is 25.7 Å². The molecule has 556 valence electrons. The Labute approximate surface area is 574 Å². The molecular weight excluding hydrogens is 1230 g/mol. The Bertz CT molecular complexity index is 1840. The van der Waals surface area contributed by atoms with Crippen LogP contribution in [0.4, 0.5) is 0 Å². The number of carbonyl (C=O) groups is 4. The second-order valence-corrected chi connectivity index (χ2v) is 29.6. The van der Waals surface area contributed by atoms with Crippen LogP contribution < -0.4 is 0 Å². The SMILES string of the molecule is CCCCCCCC/C=C\CCCCCCCC(=O)O[C@H](COC(=O)CCCCCCCCCCCCCCC)COP(=O)(O)OC[C@@H](O)COP(=O)(O)OC[C@@H](COC(=O)CCCCCCCCCCCCCCC)OC(=O)CCCCCCCCCCCCCCC. The molecule has 0 bridgehead atoms. The minimum Gasteiger partial charge on any atom is -0.462 e. The molecular formula is C75H144O17P2.